The van der Waals surface area contributed by atoms with Gasteiger partial charge in [-0.3, -0.25) is 9.89 Å². The highest BCUT2D eigenvalue weighted by Gasteiger charge is 2.18. The molecule has 8 nitrogen and oxygen atoms in total. The van der Waals surface area contributed by atoms with Gasteiger partial charge in [0, 0.05) is 16.9 Å². The van der Waals surface area contributed by atoms with Gasteiger partial charge < -0.3 is 20.9 Å². The number of hydrogen-bond donors (Lipinski definition) is 4. The third-order valence-electron chi connectivity index (χ3n) is 3.66. The molecule has 0 unspecified atom stereocenters. The van der Waals surface area contributed by atoms with Crippen molar-refractivity contribution in [3.63, 3.8) is 0 Å². The molecule has 1 aromatic heterocycles. The van der Waals surface area contributed by atoms with Gasteiger partial charge in [0.1, 0.15) is 17.9 Å². The Morgan fingerprint density at radius 3 is 2.79 bits per heavy atom. The number of primary amides is 1. The van der Waals surface area contributed by atoms with E-state index in [1.54, 1.807) is 54.7 Å². The number of nitrogens with two attached hydrogens (primary N) is 1. The van der Waals surface area contributed by atoms with E-state index in [-0.39, 0.29) is 30.4 Å². The molecule has 144 valence electrons. The van der Waals surface area contributed by atoms with E-state index in [1.807, 2.05) is 0 Å². The predicted octanol–water partition coefficient (Wildman–Crippen LogP) is 3.03. The fraction of sp³-hybridized carbons (Fsp3) is 0.105. The van der Waals surface area contributed by atoms with Crippen LogP contribution in [-0.4, -0.2) is 40.6 Å². The van der Waals surface area contributed by atoms with Gasteiger partial charge in [-0.2, -0.15) is 5.10 Å². The molecule has 0 bridgehead atoms. The number of aromatic amines is 1. The van der Waals surface area contributed by atoms with Crippen molar-refractivity contribution in [2.45, 2.75) is 0 Å². The maximum Gasteiger partial charge on any atom is 0.256 e. The lowest BCUT2D eigenvalue weighted by Gasteiger charge is -2.05. The maximum atomic E-state index is 11.9. The van der Waals surface area contributed by atoms with E-state index in [2.05, 4.69) is 20.5 Å². The van der Waals surface area contributed by atoms with E-state index >= 15 is 0 Å². The van der Waals surface area contributed by atoms with Gasteiger partial charge in [-0.1, -0.05) is 17.7 Å². The summed E-state index contributed by atoms with van der Waals surface area (Å²) in [5.74, 6) is 0.462. The summed E-state index contributed by atoms with van der Waals surface area (Å²) in [7, 11) is 0. The fourth-order valence-corrected chi connectivity index (χ4v) is 2.60. The summed E-state index contributed by atoms with van der Waals surface area (Å²) in [6.45, 7) is 0.177. The minimum absolute atomic E-state index is 0.0511. The van der Waals surface area contributed by atoms with Gasteiger partial charge in [-0.15, -0.1) is 0 Å². The third kappa shape index (κ3) is 4.87. The molecule has 1 heterocycles. The number of carbonyl (C=O) groups excluding carboxylic acids is 1. The number of anilines is 2. The Balaban J connectivity index is 1.79. The zero-order chi connectivity index (χ0) is 19.9. The van der Waals surface area contributed by atoms with E-state index in [1.165, 1.54) is 0 Å². The standard InChI is InChI=1S/C19H18ClN5O3/c20-13-2-1-3-14(10-13)23-19-16(17(21)27)18(24-25-19)22-11-12-4-6-15(7-5-12)28-9-8-26/h1-7,10-11,26H,8-9H2,(H2,21,27)(H2,23,24,25)/b22-11+. The number of nitrogens with one attached hydrogen (secondary N) is 2. The number of aliphatic imine (C=N–C) groups is 1. The highest BCUT2D eigenvalue weighted by Crippen LogP contribution is 2.27. The highest BCUT2D eigenvalue weighted by molar-refractivity contribution is 6.30. The van der Waals surface area contributed by atoms with Gasteiger partial charge in [-0.05, 0) is 48.0 Å². The first-order valence-electron chi connectivity index (χ1n) is 8.35. The summed E-state index contributed by atoms with van der Waals surface area (Å²) in [5, 5.41) is 19.1. The minimum Gasteiger partial charge on any atom is -0.491 e. The molecule has 2 aromatic carbocycles. The van der Waals surface area contributed by atoms with Crippen LogP contribution in [0.5, 0.6) is 5.75 Å². The van der Waals surface area contributed by atoms with Gasteiger partial charge in [0.05, 0.1) is 6.61 Å². The Hall–Kier alpha value is -3.36. The summed E-state index contributed by atoms with van der Waals surface area (Å²) in [4.78, 5) is 16.2. The molecule has 1 amide bonds. The molecular weight excluding hydrogens is 382 g/mol. The van der Waals surface area contributed by atoms with Crippen LogP contribution >= 0.6 is 11.6 Å². The summed E-state index contributed by atoms with van der Waals surface area (Å²) in [6.07, 6.45) is 1.57. The number of rotatable bonds is 8. The van der Waals surface area contributed by atoms with Crippen LogP contribution in [0.3, 0.4) is 0 Å². The van der Waals surface area contributed by atoms with Crippen molar-refractivity contribution in [3.05, 3.63) is 64.7 Å². The Kier molecular flexibility index (Phi) is 6.25. The zero-order valence-electron chi connectivity index (χ0n) is 14.7. The normalized spacial score (nSPS) is 10.9. The number of aliphatic hydroxyl groups excluding tert-OH is 1. The maximum absolute atomic E-state index is 11.9. The summed E-state index contributed by atoms with van der Waals surface area (Å²) < 4.78 is 5.30. The number of halogens is 1. The number of nitrogens with zero attached hydrogens (tertiary/aromatic N) is 2. The predicted molar refractivity (Wildman–Crippen MR) is 108 cm³/mol. The van der Waals surface area contributed by atoms with Crippen LogP contribution in [0.1, 0.15) is 15.9 Å². The zero-order valence-corrected chi connectivity index (χ0v) is 15.5. The second-order valence-corrected chi connectivity index (χ2v) is 6.13. The molecule has 0 aliphatic rings. The quantitative estimate of drug-likeness (QED) is 0.433. The fourth-order valence-electron chi connectivity index (χ4n) is 2.41. The van der Waals surface area contributed by atoms with Crippen LogP contribution in [0.25, 0.3) is 0 Å². The molecule has 9 heteroatoms. The van der Waals surface area contributed by atoms with Crippen LogP contribution in [0.2, 0.25) is 5.02 Å². The average molecular weight is 400 g/mol. The monoisotopic (exact) mass is 399 g/mol. The number of carbonyl (C=O) groups is 1. The number of aliphatic hydroxyl groups is 1. The Labute approximate surface area is 166 Å². The molecular formula is C19H18ClN5O3. The van der Waals surface area contributed by atoms with Crippen LogP contribution in [0.4, 0.5) is 17.3 Å². The molecule has 0 saturated heterocycles. The average Bonchev–Trinajstić information content (AvgIpc) is 3.08. The first-order chi connectivity index (χ1) is 13.6. The second kappa shape index (κ2) is 9.03. The van der Waals surface area contributed by atoms with Crippen LogP contribution in [0, 0.1) is 0 Å². The number of benzene rings is 2. The van der Waals surface area contributed by atoms with Gasteiger partial charge in [-0.25, -0.2) is 4.99 Å². The van der Waals surface area contributed by atoms with Crippen LogP contribution in [-0.2, 0) is 0 Å². The van der Waals surface area contributed by atoms with Crippen LogP contribution in [0.15, 0.2) is 53.5 Å². The molecule has 28 heavy (non-hydrogen) atoms. The third-order valence-corrected chi connectivity index (χ3v) is 3.90. The van der Waals surface area contributed by atoms with E-state index in [0.717, 1.165) is 5.56 Å². The van der Waals surface area contributed by atoms with Crippen LogP contribution < -0.4 is 15.8 Å². The first kappa shape index (κ1) is 19.4. The number of hydrogen-bond acceptors (Lipinski definition) is 6. The molecule has 3 rings (SSSR count). The number of amides is 1. The molecule has 0 fully saturated rings. The van der Waals surface area contributed by atoms with Crippen molar-refractivity contribution in [2.24, 2.45) is 10.7 Å². The molecule has 0 aliphatic heterocycles. The lowest BCUT2D eigenvalue weighted by molar-refractivity contribution is 0.100. The van der Waals surface area contributed by atoms with Crippen molar-refractivity contribution in [3.8, 4) is 5.75 Å². The Morgan fingerprint density at radius 1 is 1.32 bits per heavy atom. The summed E-state index contributed by atoms with van der Waals surface area (Å²) in [6, 6.07) is 14.1. The molecule has 3 aromatic rings. The minimum atomic E-state index is -0.668. The molecule has 0 aliphatic carbocycles. The molecule has 0 saturated carbocycles. The highest BCUT2D eigenvalue weighted by atomic mass is 35.5. The topological polar surface area (TPSA) is 126 Å². The first-order valence-corrected chi connectivity index (χ1v) is 8.73. The van der Waals surface area contributed by atoms with Crippen molar-refractivity contribution in [1.29, 1.82) is 0 Å². The Bertz CT molecular complexity index is 985. The number of aromatic nitrogens is 2. The van der Waals surface area contributed by atoms with Crippen molar-refractivity contribution < 1.29 is 14.6 Å². The molecule has 0 atom stereocenters. The van der Waals surface area contributed by atoms with E-state index in [4.69, 9.17) is 27.2 Å². The molecule has 5 N–H and O–H groups in total. The van der Waals surface area contributed by atoms with E-state index < -0.39 is 5.91 Å². The smallest absolute Gasteiger partial charge is 0.256 e. The lowest BCUT2D eigenvalue weighted by atomic mass is 10.2. The summed E-state index contributed by atoms with van der Waals surface area (Å²) in [5.41, 5.74) is 7.09. The van der Waals surface area contributed by atoms with E-state index in [9.17, 15) is 4.79 Å². The van der Waals surface area contributed by atoms with Gasteiger partial charge in [0.2, 0.25) is 0 Å². The number of ether oxygens (including phenoxy) is 1. The van der Waals surface area contributed by atoms with Gasteiger partial charge in [0.15, 0.2) is 11.6 Å². The lowest BCUT2D eigenvalue weighted by Crippen LogP contribution is -2.12. The molecule has 0 radical (unpaired) electrons. The van der Waals surface area contributed by atoms with Gasteiger partial charge in [0.25, 0.3) is 5.91 Å². The van der Waals surface area contributed by atoms with E-state index in [0.29, 0.717) is 16.5 Å². The largest absolute Gasteiger partial charge is 0.491 e. The molecule has 0 spiro atoms. The van der Waals surface area contributed by atoms with Crippen molar-refractivity contribution >= 4 is 41.0 Å². The summed E-state index contributed by atoms with van der Waals surface area (Å²) >= 11 is 5.97. The number of H-pyrrole nitrogens is 1. The van der Waals surface area contributed by atoms with Gasteiger partial charge >= 0.3 is 0 Å². The SMILES string of the molecule is NC(=O)c1c(Nc2cccc(Cl)c2)n[nH]c1/N=C/c1ccc(OCCO)cc1. The van der Waals surface area contributed by atoms with Crippen molar-refractivity contribution in [1.82, 2.24) is 10.2 Å². The second-order valence-electron chi connectivity index (χ2n) is 5.69. The van der Waals surface area contributed by atoms with Crippen molar-refractivity contribution in [2.75, 3.05) is 18.5 Å². The Morgan fingerprint density at radius 2 is 2.11 bits per heavy atom.